The molecule has 0 amide bonds. The molecule has 1 aliphatic carbocycles. The minimum atomic E-state index is 0.182. The van der Waals surface area contributed by atoms with E-state index in [1.54, 1.807) is 0 Å². The van der Waals surface area contributed by atoms with Crippen molar-refractivity contribution >= 4 is 16.7 Å². The molecule has 0 radical (unpaired) electrons. The molecule has 0 saturated heterocycles. The highest BCUT2D eigenvalue weighted by atomic mass is 16.1. The quantitative estimate of drug-likeness (QED) is 0.792. The van der Waals surface area contributed by atoms with E-state index in [0.29, 0.717) is 12.6 Å². The Kier molecular flexibility index (Phi) is 2.92. The monoisotopic (exact) mass is 242 g/mol. The average molecular weight is 242 g/mol. The largest absolute Gasteiger partial charge is 0.360 e. The van der Waals surface area contributed by atoms with E-state index in [-0.39, 0.29) is 5.78 Å². The van der Waals surface area contributed by atoms with Gasteiger partial charge in [-0.1, -0.05) is 13.0 Å². The second-order valence-corrected chi connectivity index (χ2v) is 5.01. The molecule has 1 fully saturated rings. The number of aryl methyl sites for hydroxylation is 1. The average Bonchev–Trinajstić information content (AvgIpc) is 3.13. The molecule has 2 aromatic rings. The van der Waals surface area contributed by atoms with E-state index < -0.39 is 0 Å². The number of benzene rings is 1. The predicted octanol–water partition coefficient (Wildman–Crippen LogP) is 2.67. The first-order valence-corrected chi connectivity index (χ1v) is 6.64. The first-order valence-electron chi connectivity index (χ1n) is 6.64. The van der Waals surface area contributed by atoms with Gasteiger partial charge in [-0.25, -0.2) is 0 Å². The van der Waals surface area contributed by atoms with Gasteiger partial charge >= 0.3 is 0 Å². The van der Waals surface area contributed by atoms with Crippen molar-refractivity contribution in [3.05, 3.63) is 35.5 Å². The molecule has 3 rings (SSSR count). The normalized spacial score (nSPS) is 15.2. The van der Waals surface area contributed by atoms with E-state index in [4.69, 9.17) is 0 Å². The number of aromatic nitrogens is 1. The number of H-pyrrole nitrogens is 1. The van der Waals surface area contributed by atoms with Gasteiger partial charge in [0.25, 0.3) is 0 Å². The second kappa shape index (κ2) is 4.58. The minimum absolute atomic E-state index is 0.182. The fourth-order valence-electron chi connectivity index (χ4n) is 2.24. The van der Waals surface area contributed by atoms with Crippen molar-refractivity contribution in [3.8, 4) is 0 Å². The molecule has 94 valence electrons. The molecule has 0 atom stereocenters. The highest BCUT2D eigenvalue weighted by Crippen LogP contribution is 2.22. The van der Waals surface area contributed by atoms with Crippen molar-refractivity contribution in [2.75, 3.05) is 6.54 Å². The summed E-state index contributed by atoms with van der Waals surface area (Å²) < 4.78 is 0. The summed E-state index contributed by atoms with van der Waals surface area (Å²) in [6.45, 7) is 2.58. The molecular formula is C15H18N2O. The van der Waals surface area contributed by atoms with Crippen LogP contribution in [0.4, 0.5) is 0 Å². The summed E-state index contributed by atoms with van der Waals surface area (Å²) in [6.07, 6.45) is 5.25. The van der Waals surface area contributed by atoms with Crippen LogP contribution < -0.4 is 5.32 Å². The zero-order chi connectivity index (χ0) is 12.5. The summed E-state index contributed by atoms with van der Waals surface area (Å²) in [6, 6.07) is 6.86. The number of hydrogen-bond acceptors (Lipinski definition) is 2. The van der Waals surface area contributed by atoms with Crippen LogP contribution in [0.1, 0.15) is 35.7 Å². The summed E-state index contributed by atoms with van der Waals surface area (Å²) >= 11 is 0. The summed E-state index contributed by atoms with van der Waals surface area (Å²) in [5.41, 5.74) is 3.13. The summed E-state index contributed by atoms with van der Waals surface area (Å²) in [5, 5.41) is 4.33. The molecular weight excluding hydrogens is 224 g/mol. The highest BCUT2D eigenvalue weighted by Gasteiger charge is 2.22. The number of rotatable bonds is 5. The molecule has 2 N–H and O–H groups in total. The van der Waals surface area contributed by atoms with Crippen molar-refractivity contribution in [1.82, 2.24) is 10.3 Å². The number of ketones is 1. The Morgan fingerprint density at radius 2 is 2.28 bits per heavy atom. The maximum atomic E-state index is 12.2. The lowest BCUT2D eigenvalue weighted by Gasteiger charge is -2.02. The number of aromatic amines is 1. The van der Waals surface area contributed by atoms with Crippen molar-refractivity contribution in [2.45, 2.75) is 32.2 Å². The van der Waals surface area contributed by atoms with Gasteiger partial charge in [0.2, 0.25) is 0 Å². The van der Waals surface area contributed by atoms with Crippen molar-refractivity contribution in [3.63, 3.8) is 0 Å². The van der Waals surface area contributed by atoms with Gasteiger partial charge in [0.05, 0.1) is 6.54 Å². The summed E-state index contributed by atoms with van der Waals surface area (Å²) in [4.78, 5) is 15.3. The molecule has 0 unspecified atom stereocenters. The van der Waals surface area contributed by atoms with Crippen LogP contribution >= 0.6 is 0 Å². The van der Waals surface area contributed by atoms with Crippen LogP contribution in [-0.4, -0.2) is 23.4 Å². The maximum absolute atomic E-state index is 12.2. The van der Waals surface area contributed by atoms with Gasteiger partial charge in [-0.2, -0.15) is 0 Å². The fourth-order valence-corrected chi connectivity index (χ4v) is 2.24. The minimum Gasteiger partial charge on any atom is -0.360 e. The Hall–Kier alpha value is -1.61. The van der Waals surface area contributed by atoms with Gasteiger partial charge < -0.3 is 10.3 Å². The van der Waals surface area contributed by atoms with E-state index in [1.165, 1.54) is 18.4 Å². The first-order chi connectivity index (χ1) is 8.78. The number of carbonyl (C=O) groups excluding carboxylic acids is 1. The third-order valence-corrected chi connectivity index (χ3v) is 3.58. The molecule has 1 heterocycles. The lowest BCUT2D eigenvalue weighted by Crippen LogP contribution is -2.24. The van der Waals surface area contributed by atoms with Gasteiger partial charge in [-0.15, -0.1) is 0 Å². The second-order valence-electron chi connectivity index (χ2n) is 5.01. The third kappa shape index (κ3) is 2.18. The molecule has 1 saturated carbocycles. The molecule has 1 aliphatic rings. The maximum Gasteiger partial charge on any atom is 0.178 e. The van der Waals surface area contributed by atoms with Crippen molar-refractivity contribution in [2.24, 2.45) is 0 Å². The van der Waals surface area contributed by atoms with Crippen LogP contribution in [0, 0.1) is 0 Å². The Morgan fingerprint density at radius 3 is 3.00 bits per heavy atom. The van der Waals surface area contributed by atoms with E-state index in [1.807, 2.05) is 6.20 Å². The van der Waals surface area contributed by atoms with E-state index in [9.17, 15) is 4.79 Å². The van der Waals surface area contributed by atoms with Crippen LogP contribution in [0.2, 0.25) is 0 Å². The SMILES string of the molecule is CCc1ccc2[nH]cc(C(=O)CNC3CC3)c2c1. The zero-order valence-corrected chi connectivity index (χ0v) is 10.6. The van der Waals surface area contributed by atoms with E-state index >= 15 is 0 Å². The Morgan fingerprint density at radius 1 is 1.44 bits per heavy atom. The van der Waals surface area contributed by atoms with Gasteiger partial charge in [0.15, 0.2) is 5.78 Å². The fraction of sp³-hybridized carbons (Fsp3) is 0.400. The zero-order valence-electron chi connectivity index (χ0n) is 10.6. The van der Waals surface area contributed by atoms with Crippen LogP contribution in [0.5, 0.6) is 0 Å². The molecule has 0 bridgehead atoms. The number of hydrogen-bond donors (Lipinski definition) is 2. The smallest absolute Gasteiger partial charge is 0.178 e. The molecule has 0 spiro atoms. The predicted molar refractivity (Wildman–Crippen MR) is 73.0 cm³/mol. The lowest BCUT2D eigenvalue weighted by molar-refractivity contribution is 0.0992. The topological polar surface area (TPSA) is 44.9 Å². The van der Waals surface area contributed by atoms with Crippen LogP contribution in [-0.2, 0) is 6.42 Å². The number of nitrogens with one attached hydrogen (secondary N) is 2. The van der Waals surface area contributed by atoms with Crippen LogP contribution in [0.15, 0.2) is 24.4 Å². The number of Topliss-reactive ketones (excluding diaryl/α,β-unsaturated/α-hetero) is 1. The molecule has 0 aliphatic heterocycles. The molecule has 3 heteroatoms. The van der Waals surface area contributed by atoms with Crippen molar-refractivity contribution in [1.29, 1.82) is 0 Å². The van der Waals surface area contributed by atoms with Gasteiger partial charge in [-0.05, 0) is 37.0 Å². The van der Waals surface area contributed by atoms with E-state index in [2.05, 4.69) is 35.4 Å². The van der Waals surface area contributed by atoms with Crippen LogP contribution in [0.3, 0.4) is 0 Å². The standard InChI is InChI=1S/C15H18N2O/c1-2-10-3-6-14-12(7-10)13(8-17-14)15(18)9-16-11-4-5-11/h3,6-8,11,16-17H,2,4-5,9H2,1H3. The third-order valence-electron chi connectivity index (χ3n) is 3.58. The summed E-state index contributed by atoms with van der Waals surface area (Å²) in [5.74, 6) is 0.182. The lowest BCUT2D eigenvalue weighted by atomic mass is 10.1. The Labute approximate surface area is 107 Å². The Balaban J connectivity index is 1.87. The molecule has 3 nitrogen and oxygen atoms in total. The van der Waals surface area contributed by atoms with Gasteiger partial charge in [0.1, 0.15) is 0 Å². The van der Waals surface area contributed by atoms with Gasteiger partial charge in [0, 0.05) is 28.7 Å². The van der Waals surface area contributed by atoms with Crippen molar-refractivity contribution < 1.29 is 4.79 Å². The van der Waals surface area contributed by atoms with Gasteiger partial charge in [-0.3, -0.25) is 4.79 Å². The highest BCUT2D eigenvalue weighted by molar-refractivity contribution is 6.08. The molecule has 1 aromatic heterocycles. The first kappa shape index (κ1) is 11.5. The molecule has 18 heavy (non-hydrogen) atoms. The molecule has 1 aromatic carbocycles. The van der Waals surface area contributed by atoms with E-state index in [0.717, 1.165) is 22.9 Å². The van der Waals surface area contributed by atoms with Crippen LogP contribution in [0.25, 0.3) is 10.9 Å². The Bertz CT molecular complexity index is 581. The summed E-state index contributed by atoms with van der Waals surface area (Å²) in [7, 11) is 0. The number of carbonyl (C=O) groups is 1. The number of fused-ring (bicyclic) bond motifs is 1.